The fourth-order valence-electron chi connectivity index (χ4n) is 3.23. The van der Waals surface area contributed by atoms with Gasteiger partial charge in [0, 0.05) is 6.54 Å². The Morgan fingerprint density at radius 3 is 2.44 bits per heavy atom. The second-order valence-electron chi connectivity index (χ2n) is 7.20. The summed E-state index contributed by atoms with van der Waals surface area (Å²) < 4.78 is 55.3. The number of halogens is 4. The molecule has 2 aromatic carbocycles. The van der Waals surface area contributed by atoms with Gasteiger partial charge in [0.2, 0.25) is 5.91 Å². The van der Waals surface area contributed by atoms with Crippen molar-refractivity contribution >= 4 is 17.8 Å². The van der Waals surface area contributed by atoms with Crippen LogP contribution in [0.15, 0.2) is 42.5 Å². The Hall–Kier alpha value is -3.63. The monoisotopic (exact) mass is 453 g/mol. The van der Waals surface area contributed by atoms with Crippen LogP contribution in [0.2, 0.25) is 0 Å². The van der Waals surface area contributed by atoms with E-state index in [2.05, 4.69) is 15.4 Å². The molecule has 0 aliphatic carbocycles. The minimum atomic E-state index is -2.92. The molecule has 1 saturated heterocycles. The van der Waals surface area contributed by atoms with Crippen LogP contribution in [0.1, 0.15) is 18.1 Å². The first-order valence-corrected chi connectivity index (χ1v) is 9.50. The first-order chi connectivity index (χ1) is 15.1. The SMILES string of the molecule is CC1(c2ccc(F)c(F)c2)NC(=O)N(CC(=O)NCCc2ccc(OC(F)F)cc2)C1=O. The first kappa shape index (κ1) is 23.0. The standard InChI is InChI=1S/C21H19F4N3O4/c1-21(13-4-7-15(22)16(23)10-13)18(30)28(20(31)27-21)11-17(29)26-9-8-12-2-5-14(6-3-12)32-19(24)25/h2-7,10,19H,8-9,11H2,1H3,(H,26,29)(H,27,31). The van der Waals surface area contributed by atoms with E-state index in [9.17, 15) is 31.9 Å². The van der Waals surface area contributed by atoms with Crippen LogP contribution in [0.5, 0.6) is 5.75 Å². The number of nitrogens with one attached hydrogen (secondary N) is 2. The van der Waals surface area contributed by atoms with Gasteiger partial charge in [0.15, 0.2) is 11.6 Å². The summed E-state index contributed by atoms with van der Waals surface area (Å²) in [5.41, 5.74) is -0.863. The lowest BCUT2D eigenvalue weighted by Crippen LogP contribution is -2.43. The third kappa shape index (κ3) is 4.98. The van der Waals surface area contributed by atoms with Crippen molar-refractivity contribution in [2.75, 3.05) is 13.1 Å². The van der Waals surface area contributed by atoms with Crippen molar-refractivity contribution in [2.24, 2.45) is 0 Å². The Balaban J connectivity index is 1.55. The maximum Gasteiger partial charge on any atom is 0.387 e. The third-order valence-corrected chi connectivity index (χ3v) is 4.96. The summed E-state index contributed by atoms with van der Waals surface area (Å²) in [6, 6.07) is 7.87. The summed E-state index contributed by atoms with van der Waals surface area (Å²) in [5, 5.41) is 4.96. The lowest BCUT2D eigenvalue weighted by molar-refractivity contribution is -0.134. The number of amides is 4. The summed E-state index contributed by atoms with van der Waals surface area (Å²) in [6.45, 7) is -1.99. The number of carbonyl (C=O) groups excluding carboxylic acids is 3. The van der Waals surface area contributed by atoms with E-state index in [-0.39, 0.29) is 17.9 Å². The number of rotatable bonds is 8. The molecular weight excluding hydrogens is 434 g/mol. The first-order valence-electron chi connectivity index (χ1n) is 9.50. The van der Waals surface area contributed by atoms with Crippen molar-refractivity contribution in [1.29, 1.82) is 0 Å². The van der Waals surface area contributed by atoms with E-state index in [1.165, 1.54) is 25.1 Å². The van der Waals surface area contributed by atoms with Crippen LogP contribution in [-0.2, 0) is 21.5 Å². The number of ether oxygens (including phenoxy) is 1. The molecule has 1 unspecified atom stereocenters. The number of benzene rings is 2. The van der Waals surface area contributed by atoms with E-state index >= 15 is 0 Å². The minimum absolute atomic E-state index is 0.00966. The lowest BCUT2D eigenvalue weighted by atomic mass is 9.92. The predicted molar refractivity (Wildman–Crippen MR) is 104 cm³/mol. The highest BCUT2D eigenvalue weighted by molar-refractivity contribution is 6.09. The van der Waals surface area contributed by atoms with E-state index in [1.807, 2.05) is 0 Å². The van der Waals surface area contributed by atoms with E-state index < -0.39 is 48.2 Å². The van der Waals surface area contributed by atoms with Gasteiger partial charge < -0.3 is 15.4 Å². The summed E-state index contributed by atoms with van der Waals surface area (Å²) in [4.78, 5) is 37.9. The van der Waals surface area contributed by atoms with Crippen LogP contribution < -0.4 is 15.4 Å². The Morgan fingerprint density at radius 2 is 1.81 bits per heavy atom. The largest absolute Gasteiger partial charge is 0.435 e. The smallest absolute Gasteiger partial charge is 0.387 e. The molecule has 4 amide bonds. The zero-order valence-corrected chi connectivity index (χ0v) is 16.8. The minimum Gasteiger partial charge on any atom is -0.435 e. The molecule has 2 aromatic rings. The normalized spacial score (nSPS) is 18.1. The predicted octanol–water partition coefficient (Wildman–Crippen LogP) is 2.69. The molecule has 0 aromatic heterocycles. The maximum absolute atomic E-state index is 13.6. The van der Waals surface area contributed by atoms with Gasteiger partial charge in [-0.2, -0.15) is 8.78 Å². The highest BCUT2D eigenvalue weighted by Crippen LogP contribution is 2.29. The van der Waals surface area contributed by atoms with Gasteiger partial charge in [-0.1, -0.05) is 18.2 Å². The van der Waals surface area contributed by atoms with Crippen LogP contribution >= 0.6 is 0 Å². The number of nitrogens with zero attached hydrogens (tertiary/aromatic N) is 1. The van der Waals surface area contributed by atoms with E-state index in [0.717, 1.165) is 17.7 Å². The number of urea groups is 1. The average Bonchev–Trinajstić information content (AvgIpc) is 2.95. The van der Waals surface area contributed by atoms with Crippen LogP contribution in [0, 0.1) is 11.6 Å². The van der Waals surface area contributed by atoms with Gasteiger partial charge >= 0.3 is 12.6 Å². The molecule has 1 atom stereocenters. The molecule has 2 N–H and O–H groups in total. The molecule has 1 heterocycles. The van der Waals surface area contributed by atoms with Crippen molar-refractivity contribution in [1.82, 2.24) is 15.5 Å². The van der Waals surface area contributed by atoms with Gasteiger partial charge in [0.25, 0.3) is 5.91 Å². The quantitative estimate of drug-likeness (QED) is 0.475. The molecule has 1 aliphatic rings. The van der Waals surface area contributed by atoms with Gasteiger partial charge in [0.1, 0.15) is 17.8 Å². The van der Waals surface area contributed by atoms with E-state index in [4.69, 9.17) is 0 Å². The van der Waals surface area contributed by atoms with Crippen LogP contribution in [0.25, 0.3) is 0 Å². The van der Waals surface area contributed by atoms with Gasteiger partial charge in [-0.3, -0.25) is 14.5 Å². The number of hydrogen-bond donors (Lipinski definition) is 2. The highest BCUT2D eigenvalue weighted by atomic mass is 19.3. The Labute approximate surface area is 180 Å². The Kier molecular flexibility index (Phi) is 6.66. The van der Waals surface area contributed by atoms with Crippen LogP contribution in [0.3, 0.4) is 0 Å². The van der Waals surface area contributed by atoms with E-state index in [0.29, 0.717) is 11.3 Å². The fourth-order valence-corrected chi connectivity index (χ4v) is 3.23. The van der Waals surface area contributed by atoms with Crippen molar-refractivity contribution in [3.8, 4) is 5.75 Å². The van der Waals surface area contributed by atoms with Gasteiger partial charge in [-0.15, -0.1) is 0 Å². The molecule has 170 valence electrons. The van der Waals surface area contributed by atoms with Crippen LogP contribution in [-0.4, -0.2) is 42.4 Å². The number of hydrogen-bond acceptors (Lipinski definition) is 4. The molecule has 32 heavy (non-hydrogen) atoms. The van der Waals surface area contributed by atoms with Gasteiger partial charge in [-0.25, -0.2) is 13.6 Å². The molecule has 1 aliphatic heterocycles. The molecule has 1 fully saturated rings. The molecule has 0 saturated carbocycles. The summed E-state index contributed by atoms with van der Waals surface area (Å²) >= 11 is 0. The Morgan fingerprint density at radius 1 is 1.12 bits per heavy atom. The van der Waals surface area contributed by atoms with Crippen LogP contribution in [0.4, 0.5) is 22.4 Å². The Bertz CT molecular complexity index is 1030. The molecule has 0 radical (unpaired) electrons. The summed E-state index contributed by atoms with van der Waals surface area (Å²) in [5.74, 6) is -3.65. The average molecular weight is 453 g/mol. The van der Waals surface area contributed by atoms with Crippen molar-refractivity contribution in [3.63, 3.8) is 0 Å². The molecule has 7 nitrogen and oxygen atoms in total. The second kappa shape index (κ2) is 9.25. The van der Waals surface area contributed by atoms with Crippen molar-refractivity contribution in [2.45, 2.75) is 25.5 Å². The molecule has 11 heteroatoms. The summed E-state index contributed by atoms with van der Waals surface area (Å²) in [6.07, 6.45) is 0.368. The summed E-state index contributed by atoms with van der Waals surface area (Å²) in [7, 11) is 0. The molecule has 0 bridgehead atoms. The molecule has 3 rings (SSSR count). The maximum atomic E-state index is 13.6. The number of carbonyl (C=O) groups is 3. The second-order valence-corrected chi connectivity index (χ2v) is 7.20. The zero-order chi connectivity index (χ0) is 23.5. The lowest BCUT2D eigenvalue weighted by Gasteiger charge is -2.22. The number of alkyl halides is 2. The van der Waals surface area contributed by atoms with E-state index in [1.54, 1.807) is 12.1 Å². The fraction of sp³-hybridized carbons (Fsp3) is 0.286. The number of imide groups is 1. The molecular formula is C21H19F4N3O4. The van der Waals surface area contributed by atoms with Crippen molar-refractivity contribution < 1.29 is 36.7 Å². The van der Waals surface area contributed by atoms with Crippen molar-refractivity contribution in [3.05, 3.63) is 65.2 Å². The zero-order valence-electron chi connectivity index (χ0n) is 16.8. The topological polar surface area (TPSA) is 87.7 Å². The van der Waals surface area contributed by atoms with Gasteiger partial charge in [-0.05, 0) is 48.7 Å². The third-order valence-electron chi connectivity index (χ3n) is 4.96. The highest BCUT2D eigenvalue weighted by Gasteiger charge is 2.49. The molecule has 0 spiro atoms. The van der Waals surface area contributed by atoms with Gasteiger partial charge in [0.05, 0.1) is 0 Å².